The van der Waals surface area contributed by atoms with Crippen LogP contribution >= 0.6 is 0 Å². The minimum atomic E-state index is 0.270. The standard InChI is InChI=1S/C13H28N4/c1-15(2)12-4-7-17(8-5-12)13(10-14)6-9-16(3)11-13/h12H,4-11,14H2,1-3H3. The van der Waals surface area contributed by atoms with Crippen LogP contribution in [0.4, 0.5) is 0 Å². The van der Waals surface area contributed by atoms with E-state index < -0.39 is 0 Å². The highest BCUT2D eigenvalue weighted by atomic mass is 15.3. The first-order valence-electron chi connectivity index (χ1n) is 6.87. The van der Waals surface area contributed by atoms with Gasteiger partial charge in [0.2, 0.25) is 0 Å². The maximum atomic E-state index is 6.08. The second kappa shape index (κ2) is 5.22. The molecule has 0 aromatic heterocycles. The van der Waals surface area contributed by atoms with Crippen molar-refractivity contribution in [2.24, 2.45) is 5.73 Å². The van der Waals surface area contributed by atoms with Gasteiger partial charge in [-0.15, -0.1) is 0 Å². The van der Waals surface area contributed by atoms with Crippen molar-refractivity contribution in [1.29, 1.82) is 0 Å². The molecule has 2 saturated heterocycles. The third-order valence-electron chi connectivity index (χ3n) is 4.77. The van der Waals surface area contributed by atoms with Crippen LogP contribution in [-0.4, -0.2) is 80.1 Å². The number of hydrogen-bond donors (Lipinski definition) is 1. The molecule has 1 atom stereocenters. The normalized spacial score (nSPS) is 33.7. The molecule has 2 heterocycles. The van der Waals surface area contributed by atoms with E-state index in [2.05, 4.69) is 35.8 Å². The highest BCUT2D eigenvalue weighted by Gasteiger charge is 2.42. The van der Waals surface area contributed by atoms with Gasteiger partial charge in [-0.1, -0.05) is 0 Å². The summed E-state index contributed by atoms with van der Waals surface area (Å²) in [5.41, 5.74) is 6.35. The number of likely N-dealkylation sites (tertiary alicyclic amines) is 2. The van der Waals surface area contributed by atoms with E-state index in [0.717, 1.165) is 19.1 Å². The van der Waals surface area contributed by atoms with E-state index in [1.165, 1.54) is 38.9 Å². The van der Waals surface area contributed by atoms with Crippen LogP contribution in [0.15, 0.2) is 0 Å². The summed E-state index contributed by atoms with van der Waals surface area (Å²) in [6.07, 6.45) is 3.82. The maximum Gasteiger partial charge on any atom is 0.0470 e. The van der Waals surface area contributed by atoms with Crippen molar-refractivity contribution >= 4 is 0 Å². The molecular formula is C13H28N4. The van der Waals surface area contributed by atoms with Crippen molar-refractivity contribution in [2.75, 3.05) is 53.9 Å². The first-order valence-corrected chi connectivity index (χ1v) is 6.87. The molecule has 0 aromatic rings. The first kappa shape index (κ1) is 13.3. The zero-order valence-corrected chi connectivity index (χ0v) is 11.7. The SMILES string of the molecule is CN1CCC(CN)(N2CCC(N(C)C)CC2)C1. The Hall–Kier alpha value is -0.160. The Kier molecular flexibility index (Phi) is 4.08. The van der Waals surface area contributed by atoms with E-state index in [-0.39, 0.29) is 5.54 Å². The summed E-state index contributed by atoms with van der Waals surface area (Å²) < 4.78 is 0. The molecule has 0 radical (unpaired) electrons. The average molecular weight is 240 g/mol. The Morgan fingerprint density at radius 1 is 1.24 bits per heavy atom. The monoisotopic (exact) mass is 240 g/mol. The lowest BCUT2D eigenvalue weighted by Crippen LogP contribution is -2.59. The van der Waals surface area contributed by atoms with Gasteiger partial charge in [-0.05, 0) is 47.0 Å². The fourth-order valence-electron chi connectivity index (χ4n) is 3.47. The van der Waals surface area contributed by atoms with E-state index in [4.69, 9.17) is 5.73 Å². The molecule has 1 unspecified atom stereocenters. The van der Waals surface area contributed by atoms with Gasteiger partial charge in [-0.25, -0.2) is 0 Å². The van der Waals surface area contributed by atoms with E-state index in [0.29, 0.717) is 0 Å². The molecule has 2 aliphatic heterocycles. The van der Waals surface area contributed by atoms with E-state index >= 15 is 0 Å². The minimum Gasteiger partial charge on any atom is -0.329 e. The molecule has 0 bridgehead atoms. The summed E-state index contributed by atoms with van der Waals surface area (Å²) in [5, 5.41) is 0. The molecule has 2 N–H and O–H groups in total. The predicted molar refractivity (Wildman–Crippen MR) is 72.2 cm³/mol. The molecule has 2 aliphatic rings. The second-order valence-electron chi connectivity index (χ2n) is 6.10. The van der Waals surface area contributed by atoms with Gasteiger partial charge in [-0.3, -0.25) is 4.90 Å². The number of piperidine rings is 1. The zero-order chi connectivity index (χ0) is 12.5. The number of hydrogen-bond acceptors (Lipinski definition) is 4. The first-order chi connectivity index (χ1) is 8.07. The van der Waals surface area contributed by atoms with E-state index in [1.54, 1.807) is 0 Å². The smallest absolute Gasteiger partial charge is 0.0470 e. The molecule has 2 fully saturated rings. The van der Waals surface area contributed by atoms with Crippen LogP contribution in [0.5, 0.6) is 0 Å². The Balaban J connectivity index is 1.95. The molecule has 100 valence electrons. The summed E-state index contributed by atoms with van der Waals surface area (Å²) in [4.78, 5) is 7.45. The van der Waals surface area contributed by atoms with Crippen LogP contribution in [-0.2, 0) is 0 Å². The molecule has 0 aromatic carbocycles. The number of likely N-dealkylation sites (N-methyl/N-ethyl adjacent to an activating group) is 1. The van der Waals surface area contributed by atoms with Gasteiger partial charge in [0.25, 0.3) is 0 Å². The molecule has 2 rings (SSSR count). The van der Waals surface area contributed by atoms with Gasteiger partial charge in [0, 0.05) is 37.8 Å². The van der Waals surface area contributed by atoms with Crippen LogP contribution in [0.25, 0.3) is 0 Å². The summed E-state index contributed by atoms with van der Waals surface area (Å²) in [6, 6.07) is 0.764. The Morgan fingerprint density at radius 3 is 2.29 bits per heavy atom. The minimum absolute atomic E-state index is 0.270. The van der Waals surface area contributed by atoms with Crippen LogP contribution < -0.4 is 5.73 Å². The summed E-state index contributed by atoms with van der Waals surface area (Å²) >= 11 is 0. The number of nitrogens with zero attached hydrogens (tertiary/aromatic N) is 3. The van der Waals surface area contributed by atoms with Crippen molar-refractivity contribution < 1.29 is 0 Å². The van der Waals surface area contributed by atoms with Crippen LogP contribution in [0.2, 0.25) is 0 Å². The fourth-order valence-corrected chi connectivity index (χ4v) is 3.47. The fraction of sp³-hybridized carbons (Fsp3) is 1.00. The van der Waals surface area contributed by atoms with Crippen molar-refractivity contribution in [3.05, 3.63) is 0 Å². The lowest BCUT2D eigenvalue weighted by Gasteiger charge is -2.45. The Labute approximate surface area is 106 Å². The van der Waals surface area contributed by atoms with E-state index in [9.17, 15) is 0 Å². The molecule has 0 amide bonds. The highest BCUT2D eigenvalue weighted by Crippen LogP contribution is 2.29. The number of rotatable bonds is 3. The third-order valence-corrected chi connectivity index (χ3v) is 4.77. The summed E-state index contributed by atoms with van der Waals surface area (Å²) in [7, 11) is 6.61. The average Bonchev–Trinajstić information content (AvgIpc) is 2.72. The predicted octanol–water partition coefficient (Wildman–Crippen LogP) is 0.0454. The molecule has 4 nitrogen and oxygen atoms in total. The van der Waals surface area contributed by atoms with Gasteiger partial charge in [0.15, 0.2) is 0 Å². The molecule has 17 heavy (non-hydrogen) atoms. The topological polar surface area (TPSA) is 35.7 Å². The van der Waals surface area contributed by atoms with Crippen molar-refractivity contribution in [3.63, 3.8) is 0 Å². The Bertz CT molecular complexity index is 248. The van der Waals surface area contributed by atoms with Gasteiger partial charge in [0.05, 0.1) is 0 Å². The molecule has 0 aliphatic carbocycles. The van der Waals surface area contributed by atoms with Gasteiger partial charge in [0.1, 0.15) is 0 Å². The quantitative estimate of drug-likeness (QED) is 0.756. The van der Waals surface area contributed by atoms with Crippen LogP contribution in [0.1, 0.15) is 19.3 Å². The summed E-state index contributed by atoms with van der Waals surface area (Å²) in [6.45, 7) is 5.59. The number of nitrogens with two attached hydrogens (primary N) is 1. The van der Waals surface area contributed by atoms with Gasteiger partial charge in [-0.2, -0.15) is 0 Å². The molecule has 4 heteroatoms. The molecule has 0 spiro atoms. The van der Waals surface area contributed by atoms with Gasteiger partial charge < -0.3 is 15.5 Å². The lowest BCUT2D eigenvalue weighted by molar-refractivity contribution is 0.0512. The van der Waals surface area contributed by atoms with Crippen molar-refractivity contribution in [3.8, 4) is 0 Å². The zero-order valence-electron chi connectivity index (χ0n) is 11.7. The molecule has 0 saturated carbocycles. The third kappa shape index (κ3) is 2.65. The highest BCUT2D eigenvalue weighted by molar-refractivity contribution is 5.00. The van der Waals surface area contributed by atoms with Crippen LogP contribution in [0.3, 0.4) is 0 Å². The van der Waals surface area contributed by atoms with Gasteiger partial charge >= 0.3 is 0 Å². The largest absolute Gasteiger partial charge is 0.329 e. The maximum absolute atomic E-state index is 6.08. The van der Waals surface area contributed by atoms with Crippen LogP contribution in [0, 0.1) is 0 Å². The molecular weight excluding hydrogens is 212 g/mol. The van der Waals surface area contributed by atoms with Crippen molar-refractivity contribution in [2.45, 2.75) is 30.8 Å². The second-order valence-corrected chi connectivity index (χ2v) is 6.10. The van der Waals surface area contributed by atoms with Crippen molar-refractivity contribution in [1.82, 2.24) is 14.7 Å². The lowest BCUT2D eigenvalue weighted by atomic mass is 9.92. The summed E-state index contributed by atoms with van der Waals surface area (Å²) in [5.74, 6) is 0. The van der Waals surface area contributed by atoms with E-state index in [1.807, 2.05) is 0 Å². The Morgan fingerprint density at radius 2 is 1.88 bits per heavy atom.